The molecule has 2 saturated heterocycles. The minimum Gasteiger partial charge on any atom is -0.381 e. The van der Waals surface area contributed by atoms with Crippen molar-refractivity contribution in [2.75, 3.05) is 44.3 Å². The highest BCUT2D eigenvalue weighted by atomic mass is 16.5. The van der Waals surface area contributed by atoms with Gasteiger partial charge in [0.1, 0.15) is 0 Å². The van der Waals surface area contributed by atoms with Gasteiger partial charge in [-0.1, -0.05) is 0 Å². The van der Waals surface area contributed by atoms with Crippen LogP contribution in [-0.4, -0.2) is 66.3 Å². The van der Waals surface area contributed by atoms with E-state index in [0.717, 1.165) is 64.6 Å². The maximum Gasteiger partial charge on any atom is 0.317 e. The largest absolute Gasteiger partial charge is 0.381 e. The molecule has 24 heavy (non-hydrogen) atoms. The standard InChI is InChI=1S/C17H27N5O2/c1-2-21(11-14-6-10-24-13-14)17(23)20-15-5-3-9-22(12-15)16-18-7-4-8-19-16/h4,7-8,14-15H,2-3,5-6,9-13H2,1H3,(H,20,23)/t14-,15-/m0/s1. The molecular formula is C17H27N5O2. The average Bonchev–Trinajstić information content (AvgIpc) is 3.14. The maximum atomic E-state index is 12.6. The number of hydrogen-bond donors (Lipinski definition) is 1. The summed E-state index contributed by atoms with van der Waals surface area (Å²) >= 11 is 0. The molecule has 7 heteroatoms. The van der Waals surface area contributed by atoms with Gasteiger partial charge in [0.05, 0.1) is 6.61 Å². The van der Waals surface area contributed by atoms with E-state index in [2.05, 4.69) is 20.2 Å². The molecular weight excluding hydrogens is 306 g/mol. The number of piperidine rings is 1. The van der Waals surface area contributed by atoms with Gasteiger partial charge in [-0.15, -0.1) is 0 Å². The normalized spacial score (nSPS) is 24.0. The Kier molecular flexibility index (Phi) is 5.85. The summed E-state index contributed by atoms with van der Waals surface area (Å²) in [6.45, 7) is 6.82. The molecule has 0 aliphatic carbocycles. The Labute approximate surface area is 143 Å². The third kappa shape index (κ3) is 4.35. The van der Waals surface area contributed by atoms with Gasteiger partial charge in [-0.2, -0.15) is 0 Å². The minimum absolute atomic E-state index is 0.0326. The molecule has 2 fully saturated rings. The minimum atomic E-state index is 0.0326. The lowest BCUT2D eigenvalue weighted by atomic mass is 10.1. The quantitative estimate of drug-likeness (QED) is 0.884. The first kappa shape index (κ1) is 17.0. The molecule has 2 atom stereocenters. The average molecular weight is 333 g/mol. The highest BCUT2D eigenvalue weighted by Crippen LogP contribution is 2.17. The lowest BCUT2D eigenvalue weighted by Crippen LogP contribution is -2.52. The third-order valence-corrected chi connectivity index (χ3v) is 4.76. The van der Waals surface area contributed by atoms with Crippen molar-refractivity contribution in [3.63, 3.8) is 0 Å². The van der Waals surface area contributed by atoms with Crippen LogP contribution in [0.3, 0.4) is 0 Å². The molecule has 0 spiro atoms. The van der Waals surface area contributed by atoms with Crippen molar-refractivity contribution in [2.45, 2.75) is 32.2 Å². The summed E-state index contributed by atoms with van der Waals surface area (Å²) < 4.78 is 5.42. The molecule has 2 aliphatic rings. The third-order valence-electron chi connectivity index (χ3n) is 4.76. The smallest absolute Gasteiger partial charge is 0.317 e. The Morgan fingerprint density at radius 3 is 2.96 bits per heavy atom. The molecule has 1 aromatic rings. The molecule has 0 radical (unpaired) electrons. The summed E-state index contributed by atoms with van der Waals surface area (Å²) in [7, 11) is 0. The first-order chi connectivity index (χ1) is 11.8. The number of nitrogens with one attached hydrogen (secondary N) is 1. The van der Waals surface area contributed by atoms with Crippen LogP contribution in [0.15, 0.2) is 18.5 Å². The molecule has 3 rings (SSSR count). The lowest BCUT2D eigenvalue weighted by Gasteiger charge is -2.34. The molecule has 7 nitrogen and oxygen atoms in total. The van der Waals surface area contributed by atoms with Crippen molar-refractivity contribution in [2.24, 2.45) is 5.92 Å². The number of anilines is 1. The van der Waals surface area contributed by atoms with Gasteiger partial charge < -0.3 is 19.9 Å². The topological polar surface area (TPSA) is 70.6 Å². The van der Waals surface area contributed by atoms with Crippen LogP contribution in [0.2, 0.25) is 0 Å². The van der Waals surface area contributed by atoms with E-state index >= 15 is 0 Å². The number of urea groups is 1. The zero-order valence-electron chi connectivity index (χ0n) is 14.4. The summed E-state index contributed by atoms with van der Waals surface area (Å²) in [4.78, 5) is 25.3. The van der Waals surface area contributed by atoms with Crippen LogP contribution in [0.4, 0.5) is 10.7 Å². The Hall–Kier alpha value is -1.89. The Morgan fingerprint density at radius 2 is 2.25 bits per heavy atom. The molecule has 1 N–H and O–H groups in total. The number of carbonyl (C=O) groups is 1. The first-order valence-corrected chi connectivity index (χ1v) is 8.91. The summed E-state index contributed by atoms with van der Waals surface area (Å²) in [6, 6.07) is 1.99. The van der Waals surface area contributed by atoms with Gasteiger partial charge in [0, 0.05) is 57.1 Å². The van der Waals surface area contributed by atoms with E-state index in [0.29, 0.717) is 5.92 Å². The zero-order chi connectivity index (χ0) is 16.8. The fourth-order valence-electron chi connectivity index (χ4n) is 3.39. The van der Waals surface area contributed by atoms with Gasteiger partial charge in [-0.05, 0) is 32.3 Å². The van der Waals surface area contributed by atoms with Crippen LogP contribution in [-0.2, 0) is 4.74 Å². The molecule has 0 saturated carbocycles. The van der Waals surface area contributed by atoms with Crippen LogP contribution in [0.5, 0.6) is 0 Å². The van der Waals surface area contributed by atoms with Crippen molar-refractivity contribution >= 4 is 12.0 Å². The summed E-state index contributed by atoms with van der Waals surface area (Å²) in [6.07, 6.45) is 6.59. The maximum absolute atomic E-state index is 12.6. The number of ether oxygens (including phenoxy) is 1. The van der Waals surface area contributed by atoms with Crippen LogP contribution in [0, 0.1) is 5.92 Å². The summed E-state index contributed by atoms with van der Waals surface area (Å²) in [5, 5.41) is 3.19. The monoisotopic (exact) mass is 333 g/mol. The second-order valence-corrected chi connectivity index (χ2v) is 6.55. The van der Waals surface area contributed by atoms with Crippen molar-refractivity contribution in [1.29, 1.82) is 0 Å². The van der Waals surface area contributed by atoms with E-state index in [9.17, 15) is 4.79 Å². The highest BCUT2D eigenvalue weighted by molar-refractivity contribution is 5.74. The van der Waals surface area contributed by atoms with Gasteiger partial charge in [0.25, 0.3) is 0 Å². The van der Waals surface area contributed by atoms with Gasteiger partial charge >= 0.3 is 6.03 Å². The number of nitrogens with zero attached hydrogens (tertiary/aromatic N) is 4. The van der Waals surface area contributed by atoms with E-state index in [-0.39, 0.29) is 12.1 Å². The van der Waals surface area contributed by atoms with E-state index in [1.54, 1.807) is 12.4 Å². The van der Waals surface area contributed by atoms with Crippen molar-refractivity contribution < 1.29 is 9.53 Å². The molecule has 0 bridgehead atoms. The van der Waals surface area contributed by atoms with Gasteiger partial charge in [-0.25, -0.2) is 14.8 Å². The fourth-order valence-corrected chi connectivity index (χ4v) is 3.39. The molecule has 2 aliphatic heterocycles. The molecule has 2 amide bonds. The van der Waals surface area contributed by atoms with E-state index in [1.165, 1.54) is 0 Å². The molecule has 0 unspecified atom stereocenters. The second kappa shape index (κ2) is 8.28. The Balaban J connectivity index is 1.52. The van der Waals surface area contributed by atoms with Gasteiger partial charge in [-0.3, -0.25) is 0 Å². The van der Waals surface area contributed by atoms with Crippen LogP contribution in [0.25, 0.3) is 0 Å². The summed E-state index contributed by atoms with van der Waals surface area (Å²) in [5.41, 5.74) is 0. The second-order valence-electron chi connectivity index (χ2n) is 6.55. The van der Waals surface area contributed by atoms with Crippen LogP contribution >= 0.6 is 0 Å². The number of aromatic nitrogens is 2. The van der Waals surface area contributed by atoms with Crippen molar-refractivity contribution in [1.82, 2.24) is 20.2 Å². The van der Waals surface area contributed by atoms with Crippen molar-refractivity contribution in [3.8, 4) is 0 Å². The predicted molar refractivity (Wildman–Crippen MR) is 92.0 cm³/mol. The number of hydrogen-bond acceptors (Lipinski definition) is 5. The van der Waals surface area contributed by atoms with E-state index in [1.807, 2.05) is 17.9 Å². The van der Waals surface area contributed by atoms with Gasteiger partial charge in [0.15, 0.2) is 0 Å². The number of carbonyl (C=O) groups excluding carboxylic acids is 1. The molecule has 0 aromatic carbocycles. The summed E-state index contributed by atoms with van der Waals surface area (Å²) in [5.74, 6) is 1.21. The molecule has 1 aromatic heterocycles. The van der Waals surface area contributed by atoms with E-state index in [4.69, 9.17) is 4.74 Å². The van der Waals surface area contributed by atoms with Crippen LogP contribution in [0.1, 0.15) is 26.2 Å². The van der Waals surface area contributed by atoms with Crippen LogP contribution < -0.4 is 10.2 Å². The van der Waals surface area contributed by atoms with E-state index < -0.39 is 0 Å². The van der Waals surface area contributed by atoms with Gasteiger partial charge in [0.2, 0.25) is 5.95 Å². The highest BCUT2D eigenvalue weighted by Gasteiger charge is 2.26. The zero-order valence-corrected chi connectivity index (χ0v) is 14.4. The van der Waals surface area contributed by atoms with Crippen molar-refractivity contribution in [3.05, 3.63) is 18.5 Å². The lowest BCUT2D eigenvalue weighted by molar-refractivity contribution is 0.164. The number of amides is 2. The molecule has 132 valence electrons. The Morgan fingerprint density at radius 1 is 1.42 bits per heavy atom. The molecule has 3 heterocycles. The Bertz CT molecular complexity index is 521. The number of rotatable bonds is 5. The SMILES string of the molecule is CCN(C[C@@H]1CCOC1)C(=O)N[C@H]1CCCN(c2ncccn2)C1. The first-order valence-electron chi connectivity index (χ1n) is 8.91. The predicted octanol–water partition coefficient (Wildman–Crippen LogP) is 1.51. The fraction of sp³-hybridized carbons (Fsp3) is 0.706.